The molecule has 2 N–H and O–H groups in total. The zero-order valence-electron chi connectivity index (χ0n) is 15.4. The van der Waals surface area contributed by atoms with Crippen molar-refractivity contribution in [1.29, 1.82) is 0 Å². The van der Waals surface area contributed by atoms with Crippen LogP contribution in [-0.2, 0) is 20.6 Å². The molecule has 0 aliphatic carbocycles. The third-order valence-corrected chi connectivity index (χ3v) is 5.43. The molecule has 6 heteroatoms. The summed E-state index contributed by atoms with van der Waals surface area (Å²) in [5.41, 5.74) is 2.82. The SMILES string of the molecule is CC(C)c1ccc(CS(=O)(=O)NCC(=O)NC(C)c2ccccc2)cc1. The Hall–Kier alpha value is -2.18. The molecular weight excluding hydrogens is 348 g/mol. The smallest absolute Gasteiger partial charge is 0.235 e. The molecule has 140 valence electrons. The van der Waals surface area contributed by atoms with Gasteiger partial charge in [-0.25, -0.2) is 13.1 Å². The fraction of sp³-hybridized carbons (Fsp3) is 0.350. The molecule has 26 heavy (non-hydrogen) atoms. The largest absolute Gasteiger partial charge is 0.348 e. The monoisotopic (exact) mass is 374 g/mol. The molecule has 0 heterocycles. The van der Waals surface area contributed by atoms with Crippen LogP contribution in [0.2, 0.25) is 0 Å². The average Bonchev–Trinajstić information content (AvgIpc) is 2.61. The molecule has 0 aromatic heterocycles. The maximum Gasteiger partial charge on any atom is 0.235 e. The molecule has 0 fully saturated rings. The van der Waals surface area contributed by atoms with Crippen LogP contribution in [0.1, 0.15) is 49.4 Å². The minimum absolute atomic E-state index is 0.146. The van der Waals surface area contributed by atoms with Crippen molar-refractivity contribution in [1.82, 2.24) is 10.0 Å². The van der Waals surface area contributed by atoms with E-state index in [4.69, 9.17) is 0 Å². The Labute approximate surface area is 155 Å². The van der Waals surface area contributed by atoms with Crippen molar-refractivity contribution >= 4 is 15.9 Å². The zero-order valence-corrected chi connectivity index (χ0v) is 16.2. The number of carbonyl (C=O) groups excluding carboxylic acids is 1. The maximum atomic E-state index is 12.2. The van der Waals surface area contributed by atoms with Gasteiger partial charge in [-0.1, -0.05) is 68.4 Å². The first kappa shape index (κ1) is 20.1. The highest BCUT2D eigenvalue weighted by atomic mass is 32.2. The normalized spacial score (nSPS) is 12.8. The Balaban J connectivity index is 1.86. The highest BCUT2D eigenvalue weighted by molar-refractivity contribution is 7.88. The molecule has 2 aromatic carbocycles. The molecule has 0 saturated carbocycles. The first-order valence-electron chi connectivity index (χ1n) is 8.67. The second kappa shape index (κ2) is 8.96. The lowest BCUT2D eigenvalue weighted by atomic mass is 10.0. The van der Waals surface area contributed by atoms with Crippen molar-refractivity contribution in [3.8, 4) is 0 Å². The molecule has 0 bridgehead atoms. The third kappa shape index (κ3) is 6.28. The van der Waals surface area contributed by atoms with Gasteiger partial charge < -0.3 is 5.32 Å². The molecule has 0 aliphatic rings. The minimum atomic E-state index is -3.57. The standard InChI is InChI=1S/C20H26N2O3S/c1-15(2)18-11-9-17(10-12-18)14-26(24,25)21-13-20(23)22-16(3)19-7-5-4-6-8-19/h4-12,15-16,21H,13-14H2,1-3H3,(H,22,23). The highest BCUT2D eigenvalue weighted by Gasteiger charge is 2.15. The Morgan fingerprint density at radius 2 is 1.54 bits per heavy atom. The van der Waals surface area contributed by atoms with Gasteiger partial charge in [0.15, 0.2) is 0 Å². The number of hydrogen-bond donors (Lipinski definition) is 2. The maximum absolute atomic E-state index is 12.2. The topological polar surface area (TPSA) is 75.3 Å². The predicted octanol–water partition coefficient (Wildman–Crippen LogP) is 3.11. The Bertz CT molecular complexity index is 816. The molecule has 0 radical (unpaired) electrons. The summed E-state index contributed by atoms with van der Waals surface area (Å²) in [5, 5.41) is 2.79. The number of carbonyl (C=O) groups is 1. The van der Waals surface area contributed by atoms with Crippen LogP contribution in [0.25, 0.3) is 0 Å². The fourth-order valence-corrected chi connectivity index (χ4v) is 3.65. The average molecular weight is 375 g/mol. The van der Waals surface area contributed by atoms with Gasteiger partial charge in [-0.2, -0.15) is 0 Å². The summed E-state index contributed by atoms with van der Waals surface area (Å²) in [6.07, 6.45) is 0. The molecule has 2 rings (SSSR count). The number of sulfonamides is 1. The molecule has 1 unspecified atom stereocenters. The van der Waals surface area contributed by atoms with E-state index in [1.54, 1.807) is 0 Å². The summed E-state index contributed by atoms with van der Waals surface area (Å²) in [6.45, 7) is 5.76. The Kier molecular flexibility index (Phi) is 6.94. The van der Waals surface area contributed by atoms with Crippen LogP contribution in [0, 0.1) is 0 Å². The van der Waals surface area contributed by atoms with E-state index in [2.05, 4.69) is 23.9 Å². The van der Waals surface area contributed by atoms with Crippen molar-refractivity contribution in [2.75, 3.05) is 6.54 Å². The van der Waals surface area contributed by atoms with Crippen LogP contribution in [0.3, 0.4) is 0 Å². The number of benzene rings is 2. The van der Waals surface area contributed by atoms with E-state index < -0.39 is 10.0 Å². The van der Waals surface area contributed by atoms with Gasteiger partial charge in [0.2, 0.25) is 15.9 Å². The summed E-state index contributed by atoms with van der Waals surface area (Å²) in [4.78, 5) is 12.0. The van der Waals surface area contributed by atoms with Crippen molar-refractivity contribution in [2.45, 2.75) is 38.5 Å². The lowest BCUT2D eigenvalue weighted by Crippen LogP contribution is -2.38. The number of hydrogen-bond acceptors (Lipinski definition) is 3. The van der Waals surface area contributed by atoms with Crippen molar-refractivity contribution in [2.24, 2.45) is 0 Å². The van der Waals surface area contributed by atoms with Crippen LogP contribution in [0.4, 0.5) is 0 Å². The van der Waals surface area contributed by atoms with Crippen molar-refractivity contribution in [3.05, 3.63) is 71.3 Å². The van der Waals surface area contributed by atoms with Gasteiger partial charge >= 0.3 is 0 Å². The first-order valence-corrected chi connectivity index (χ1v) is 10.3. The summed E-state index contributed by atoms with van der Waals surface area (Å²) in [7, 11) is -3.57. The summed E-state index contributed by atoms with van der Waals surface area (Å²) < 4.78 is 26.7. The Morgan fingerprint density at radius 1 is 0.923 bits per heavy atom. The number of amides is 1. The van der Waals surface area contributed by atoms with E-state index in [0.29, 0.717) is 11.5 Å². The van der Waals surface area contributed by atoms with E-state index in [1.165, 1.54) is 0 Å². The van der Waals surface area contributed by atoms with Crippen molar-refractivity contribution < 1.29 is 13.2 Å². The van der Waals surface area contributed by atoms with Crippen LogP contribution in [0.5, 0.6) is 0 Å². The summed E-state index contributed by atoms with van der Waals surface area (Å²) in [6, 6.07) is 16.8. The third-order valence-electron chi connectivity index (χ3n) is 4.13. The zero-order chi connectivity index (χ0) is 19.2. The fourth-order valence-electron chi connectivity index (χ4n) is 2.56. The van der Waals surface area contributed by atoms with Gasteiger partial charge in [0.25, 0.3) is 0 Å². The van der Waals surface area contributed by atoms with Gasteiger partial charge in [0.05, 0.1) is 18.3 Å². The second-order valence-corrected chi connectivity index (χ2v) is 8.48. The molecule has 0 aliphatic heterocycles. The summed E-state index contributed by atoms with van der Waals surface area (Å²) >= 11 is 0. The van der Waals surface area contributed by atoms with Crippen LogP contribution in [-0.4, -0.2) is 20.9 Å². The van der Waals surface area contributed by atoms with E-state index in [0.717, 1.165) is 11.1 Å². The van der Waals surface area contributed by atoms with E-state index in [9.17, 15) is 13.2 Å². The van der Waals surface area contributed by atoms with Gasteiger partial charge in [-0.3, -0.25) is 4.79 Å². The van der Waals surface area contributed by atoms with E-state index >= 15 is 0 Å². The summed E-state index contributed by atoms with van der Waals surface area (Å²) in [5.74, 6) is -0.110. The van der Waals surface area contributed by atoms with Crippen molar-refractivity contribution in [3.63, 3.8) is 0 Å². The highest BCUT2D eigenvalue weighted by Crippen LogP contribution is 2.16. The van der Waals surface area contributed by atoms with Gasteiger partial charge in [0.1, 0.15) is 0 Å². The molecule has 1 amide bonds. The number of rotatable bonds is 8. The molecular formula is C20H26N2O3S. The molecule has 0 saturated heterocycles. The first-order chi connectivity index (χ1) is 12.3. The van der Waals surface area contributed by atoms with Crippen LogP contribution < -0.4 is 10.0 Å². The van der Waals surface area contributed by atoms with E-state index in [1.807, 2.05) is 61.5 Å². The second-order valence-electron chi connectivity index (χ2n) is 6.68. The lowest BCUT2D eigenvalue weighted by Gasteiger charge is -2.14. The van der Waals surface area contributed by atoms with Gasteiger partial charge in [-0.15, -0.1) is 0 Å². The van der Waals surface area contributed by atoms with Crippen LogP contribution in [0.15, 0.2) is 54.6 Å². The van der Waals surface area contributed by atoms with Gasteiger partial charge in [-0.05, 0) is 29.5 Å². The molecule has 2 aromatic rings. The number of nitrogens with one attached hydrogen (secondary N) is 2. The van der Waals surface area contributed by atoms with E-state index in [-0.39, 0.29) is 24.2 Å². The van der Waals surface area contributed by atoms with Crippen LogP contribution >= 0.6 is 0 Å². The predicted molar refractivity (Wildman–Crippen MR) is 104 cm³/mol. The minimum Gasteiger partial charge on any atom is -0.348 e. The molecule has 1 atom stereocenters. The quantitative estimate of drug-likeness (QED) is 0.745. The van der Waals surface area contributed by atoms with Gasteiger partial charge in [0, 0.05) is 0 Å². The lowest BCUT2D eigenvalue weighted by molar-refractivity contribution is -0.120. The molecule has 0 spiro atoms. The Morgan fingerprint density at radius 3 is 2.12 bits per heavy atom. The molecule has 5 nitrogen and oxygen atoms in total.